The third kappa shape index (κ3) is 4.43. The maximum Gasteiger partial charge on any atom is 0.416 e. The van der Waals surface area contributed by atoms with E-state index >= 15 is 0 Å². The summed E-state index contributed by atoms with van der Waals surface area (Å²) in [4.78, 5) is 10.1. The number of aromatic nitrogens is 4. The molecule has 0 saturated carbocycles. The van der Waals surface area contributed by atoms with Crippen molar-refractivity contribution >= 4 is 11.0 Å². The van der Waals surface area contributed by atoms with E-state index in [1.807, 2.05) is 16.9 Å². The van der Waals surface area contributed by atoms with Crippen LogP contribution in [-0.2, 0) is 12.8 Å². The summed E-state index contributed by atoms with van der Waals surface area (Å²) in [6.07, 6.45) is 4.45. The van der Waals surface area contributed by atoms with E-state index in [4.69, 9.17) is 4.84 Å². The summed E-state index contributed by atoms with van der Waals surface area (Å²) in [6, 6.07) is 6.48. The van der Waals surface area contributed by atoms with E-state index in [1.165, 1.54) is 4.73 Å². The van der Waals surface area contributed by atoms with Crippen LogP contribution < -0.4 is 10.2 Å². The summed E-state index contributed by atoms with van der Waals surface area (Å²) < 4.78 is 56.5. The number of halogens is 4. The van der Waals surface area contributed by atoms with Crippen molar-refractivity contribution in [2.24, 2.45) is 0 Å². The largest absolute Gasteiger partial charge is 0.416 e. The Balaban J connectivity index is 1.39. The van der Waals surface area contributed by atoms with Gasteiger partial charge in [-0.05, 0) is 50.2 Å². The maximum absolute atomic E-state index is 13.4. The van der Waals surface area contributed by atoms with Gasteiger partial charge in [0.1, 0.15) is 17.9 Å². The molecule has 33 heavy (non-hydrogen) atoms. The van der Waals surface area contributed by atoms with Crippen molar-refractivity contribution in [3.63, 3.8) is 0 Å². The van der Waals surface area contributed by atoms with Crippen LogP contribution in [0.15, 0.2) is 55.1 Å². The number of nitrogens with zero attached hydrogens (tertiary/aromatic N) is 4. The fraction of sp³-hybridized carbons (Fsp3) is 0.304. The van der Waals surface area contributed by atoms with Crippen LogP contribution in [-0.4, -0.2) is 32.6 Å². The standard InChI is InChI=1S/C23H21F4N5O/c24-18-2-1-15(20(10-18)23(25,26)27)14-33-32-8-5-21-22(32)9-16(11-29-21)17-12-30-31(13-17)19-3-6-28-7-4-19/h1-2,5,8-13,19,28H,3-4,6-7,14H2. The van der Waals surface area contributed by atoms with Gasteiger partial charge in [-0.15, -0.1) is 0 Å². The molecule has 1 aliphatic heterocycles. The molecular formula is C23H21F4N5O. The van der Waals surface area contributed by atoms with Gasteiger partial charge >= 0.3 is 6.18 Å². The zero-order valence-electron chi connectivity index (χ0n) is 17.5. The van der Waals surface area contributed by atoms with E-state index in [1.54, 1.807) is 24.7 Å². The molecule has 0 spiro atoms. The van der Waals surface area contributed by atoms with Crippen LogP contribution in [0.25, 0.3) is 22.2 Å². The lowest BCUT2D eigenvalue weighted by Crippen LogP contribution is -2.29. The van der Waals surface area contributed by atoms with Crippen LogP contribution in [0.1, 0.15) is 30.0 Å². The second-order valence-corrected chi connectivity index (χ2v) is 8.03. The van der Waals surface area contributed by atoms with Crippen molar-refractivity contribution in [1.82, 2.24) is 24.8 Å². The number of pyridine rings is 1. The Bertz CT molecular complexity index is 1270. The lowest BCUT2D eigenvalue weighted by molar-refractivity contribution is -0.139. The number of hydrogen-bond acceptors (Lipinski definition) is 4. The minimum atomic E-state index is -4.68. The van der Waals surface area contributed by atoms with Gasteiger partial charge in [-0.1, -0.05) is 6.07 Å². The zero-order chi connectivity index (χ0) is 23.0. The van der Waals surface area contributed by atoms with Crippen molar-refractivity contribution in [2.75, 3.05) is 13.1 Å². The van der Waals surface area contributed by atoms with E-state index in [0.717, 1.165) is 49.2 Å². The quantitative estimate of drug-likeness (QED) is 0.443. The topological polar surface area (TPSA) is 56.9 Å². The minimum Gasteiger partial charge on any atom is -0.409 e. The van der Waals surface area contributed by atoms with Crippen LogP contribution in [0, 0.1) is 5.82 Å². The van der Waals surface area contributed by atoms with E-state index in [2.05, 4.69) is 15.4 Å². The molecule has 4 heterocycles. The summed E-state index contributed by atoms with van der Waals surface area (Å²) in [7, 11) is 0. The molecule has 172 valence electrons. The molecule has 0 bridgehead atoms. The van der Waals surface area contributed by atoms with E-state index in [9.17, 15) is 17.6 Å². The molecule has 1 N–H and O–H groups in total. The molecule has 1 aliphatic rings. The monoisotopic (exact) mass is 459 g/mol. The minimum absolute atomic E-state index is 0.155. The van der Waals surface area contributed by atoms with E-state index < -0.39 is 17.6 Å². The van der Waals surface area contributed by atoms with E-state index in [-0.39, 0.29) is 12.2 Å². The fourth-order valence-corrected chi connectivity index (χ4v) is 4.09. The predicted molar refractivity (Wildman–Crippen MR) is 114 cm³/mol. The predicted octanol–water partition coefficient (Wildman–Crippen LogP) is 4.61. The van der Waals surface area contributed by atoms with Crippen molar-refractivity contribution in [3.05, 3.63) is 72.1 Å². The zero-order valence-corrected chi connectivity index (χ0v) is 17.5. The van der Waals surface area contributed by atoms with Gasteiger partial charge in [0.25, 0.3) is 0 Å². The summed E-state index contributed by atoms with van der Waals surface area (Å²) in [5.74, 6) is -0.948. The van der Waals surface area contributed by atoms with Crippen molar-refractivity contribution in [2.45, 2.75) is 31.7 Å². The first-order valence-electron chi connectivity index (χ1n) is 10.6. The molecule has 1 aromatic carbocycles. The van der Waals surface area contributed by atoms with Gasteiger partial charge in [0, 0.05) is 35.3 Å². The highest BCUT2D eigenvalue weighted by Gasteiger charge is 2.34. The van der Waals surface area contributed by atoms with Crippen molar-refractivity contribution < 1.29 is 22.4 Å². The van der Waals surface area contributed by atoms with Crippen LogP contribution in [0.5, 0.6) is 0 Å². The molecule has 1 saturated heterocycles. The van der Waals surface area contributed by atoms with Crippen molar-refractivity contribution in [3.8, 4) is 11.1 Å². The Morgan fingerprint density at radius 1 is 1.06 bits per heavy atom. The van der Waals surface area contributed by atoms with Gasteiger partial charge in [0.2, 0.25) is 0 Å². The van der Waals surface area contributed by atoms with Crippen LogP contribution in [0.2, 0.25) is 0 Å². The average molecular weight is 459 g/mol. The molecule has 5 rings (SSSR count). The first-order valence-corrected chi connectivity index (χ1v) is 10.6. The molecule has 0 unspecified atom stereocenters. The Labute approximate surface area is 186 Å². The number of fused-ring (bicyclic) bond motifs is 1. The van der Waals surface area contributed by atoms with Crippen LogP contribution in [0.4, 0.5) is 17.6 Å². The maximum atomic E-state index is 13.4. The third-order valence-corrected chi connectivity index (χ3v) is 5.86. The average Bonchev–Trinajstić information content (AvgIpc) is 3.45. The number of benzene rings is 1. The SMILES string of the molecule is Fc1ccc(COn2ccc3ncc(-c4cnn(C5CCNCC5)c4)cc32)c(C(F)(F)F)c1. The van der Waals surface area contributed by atoms with Crippen molar-refractivity contribution in [1.29, 1.82) is 0 Å². The number of alkyl halides is 3. The lowest BCUT2D eigenvalue weighted by Gasteiger charge is -2.22. The normalized spacial score (nSPS) is 15.3. The number of rotatable bonds is 5. The Morgan fingerprint density at radius 2 is 1.88 bits per heavy atom. The lowest BCUT2D eigenvalue weighted by atomic mass is 10.1. The molecule has 10 heteroatoms. The third-order valence-electron chi connectivity index (χ3n) is 5.86. The van der Waals surface area contributed by atoms with Gasteiger partial charge in [-0.25, -0.2) is 4.39 Å². The van der Waals surface area contributed by atoms with E-state index in [0.29, 0.717) is 23.1 Å². The molecule has 0 radical (unpaired) electrons. The van der Waals surface area contributed by atoms with Crippen LogP contribution >= 0.6 is 0 Å². The summed E-state index contributed by atoms with van der Waals surface area (Å²) in [6.45, 7) is 1.54. The number of nitrogens with one attached hydrogen (secondary N) is 1. The Hall–Kier alpha value is -3.40. The van der Waals surface area contributed by atoms with Gasteiger partial charge in [0.05, 0.1) is 23.3 Å². The second kappa shape index (κ2) is 8.51. The molecule has 0 aliphatic carbocycles. The molecule has 4 aromatic rings. The highest BCUT2D eigenvalue weighted by molar-refractivity contribution is 5.80. The first kappa shape index (κ1) is 21.4. The van der Waals surface area contributed by atoms with Gasteiger partial charge in [-0.3, -0.25) is 9.67 Å². The fourth-order valence-electron chi connectivity index (χ4n) is 4.09. The van der Waals surface area contributed by atoms with Gasteiger partial charge < -0.3 is 10.2 Å². The number of piperidine rings is 1. The van der Waals surface area contributed by atoms with Crippen LogP contribution in [0.3, 0.4) is 0 Å². The molecule has 3 aromatic heterocycles. The van der Waals surface area contributed by atoms with Gasteiger partial charge in [-0.2, -0.15) is 23.0 Å². The molecule has 0 amide bonds. The second-order valence-electron chi connectivity index (χ2n) is 8.03. The highest BCUT2D eigenvalue weighted by Crippen LogP contribution is 2.33. The van der Waals surface area contributed by atoms with Gasteiger partial charge in [0.15, 0.2) is 0 Å². The molecular weight excluding hydrogens is 438 g/mol. The highest BCUT2D eigenvalue weighted by atomic mass is 19.4. The molecule has 6 nitrogen and oxygen atoms in total. The number of hydrogen-bond donors (Lipinski definition) is 1. The Kier molecular flexibility index (Phi) is 5.53. The molecule has 0 atom stereocenters. The summed E-state index contributed by atoms with van der Waals surface area (Å²) in [5, 5.41) is 7.84. The summed E-state index contributed by atoms with van der Waals surface area (Å²) >= 11 is 0. The summed E-state index contributed by atoms with van der Waals surface area (Å²) in [5.41, 5.74) is 1.76. The smallest absolute Gasteiger partial charge is 0.409 e. The molecule has 1 fully saturated rings. The Morgan fingerprint density at radius 3 is 2.67 bits per heavy atom. The first-order chi connectivity index (χ1) is 15.9.